The molecule has 2 nitrogen and oxygen atoms in total. The van der Waals surface area contributed by atoms with Crippen molar-refractivity contribution >= 4 is 12.4 Å². The molecule has 0 radical (unpaired) electrons. The van der Waals surface area contributed by atoms with E-state index in [9.17, 15) is 0 Å². The Labute approximate surface area is 111 Å². The summed E-state index contributed by atoms with van der Waals surface area (Å²) < 4.78 is 0. The topological polar surface area (TPSA) is 15.3 Å². The largest absolute Gasteiger partial charge is 0.315 e. The fourth-order valence-electron chi connectivity index (χ4n) is 2.38. The summed E-state index contributed by atoms with van der Waals surface area (Å²) in [6, 6.07) is 7.44. The van der Waals surface area contributed by atoms with Gasteiger partial charge in [-0.25, -0.2) is 0 Å². The van der Waals surface area contributed by atoms with Crippen LogP contribution in [0.25, 0.3) is 0 Å². The van der Waals surface area contributed by atoms with Gasteiger partial charge in [-0.2, -0.15) is 0 Å². The van der Waals surface area contributed by atoms with Crippen molar-refractivity contribution in [2.75, 3.05) is 20.1 Å². The molecular weight excluding hydrogens is 232 g/mol. The van der Waals surface area contributed by atoms with Crippen LogP contribution in [0, 0.1) is 13.8 Å². The van der Waals surface area contributed by atoms with E-state index in [1.807, 2.05) is 0 Å². The first-order valence-electron chi connectivity index (χ1n) is 6.14. The lowest BCUT2D eigenvalue weighted by atomic mass is 10.0. The molecule has 1 aliphatic rings. The molecule has 0 bridgehead atoms. The van der Waals surface area contributed by atoms with Crippen LogP contribution in [0.3, 0.4) is 0 Å². The van der Waals surface area contributed by atoms with Gasteiger partial charge in [0.05, 0.1) is 0 Å². The monoisotopic (exact) mass is 254 g/mol. The summed E-state index contributed by atoms with van der Waals surface area (Å²) in [5.74, 6) is 0. The van der Waals surface area contributed by atoms with Gasteiger partial charge in [-0.3, -0.25) is 4.90 Å². The maximum Gasteiger partial charge on any atom is 0.0236 e. The summed E-state index contributed by atoms with van der Waals surface area (Å²) in [7, 11) is 2.24. The number of halogens is 1. The van der Waals surface area contributed by atoms with E-state index < -0.39 is 0 Å². The highest BCUT2D eigenvalue weighted by atomic mass is 35.5. The second kappa shape index (κ2) is 6.39. The minimum Gasteiger partial charge on any atom is -0.315 e. The van der Waals surface area contributed by atoms with Crippen molar-refractivity contribution in [1.82, 2.24) is 10.2 Å². The number of rotatable bonds is 3. The maximum atomic E-state index is 3.42. The second-order valence-corrected chi connectivity index (χ2v) is 4.99. The molecule has 17 heavy (non-hydrogen) atoms. The molecule has 96 valence electrons. The first kappa shape index (κ1) is 14.5. The normalized spacial score (nSPS) is 19.4. The summed E-state index contributed by atoms with van der Waals surface area (Å²) in [6.45, 7) is 7.75. The quantitative estimate of drug-likeness (QED) is 0.892. The van der Waals surface area contributed by atoms with Crippen molar-refractivity contribution in [3.8, 4) is 0 Å². The van der Waals surface area contributed by atoms with E-state index in [4.69, 9.17) is 0 Å². The van der Waals surface area contributed by atoms with Crippen LogP contribution in [0.5, 0.6) is 0 Å². The first-order chi connectivity index (χ1) is 7.66. The van der Waals surface area contributed by atoms with E-state index in [-0.39, 0.29) is 12.4 Å². The van der Waals surface area contributed by atoms with E-state index in [1.54, 1.807) is 0 Å². The molecule has 0 saturated carbocycles. The summed E-state index contributed by atoms with van der Waals surface area (Å²) in [5, 5.41) is 3.42. The number of hydrogen-bond donors (Lipinski definition) is 1. The minimum atomic E-state index is 0. The number of nitrogens with one attached hydrogen (secondary N) is 1. The summed E-state index contributed by atoms with van der Waals surface area (Å²) in [6.07, 6.45) is 1.28. The highest BCUT2D eigenvalue weighted by molar-refractivity contribution is 5.85. The van der Waals surface area contributed by atoms with Crippen molar-refractivity contribution in [2.24, 2.45) is 0 Å². The SMILES string of the molecule is Cc1ccc(C)c(CN(C)C2CCNC2)c1.Cl. The van der Waals surface area contributed by atoms with Crippen molar-refractivity contribution in [1.29, 1.82) is 0 Å². The van der Waals surface area contributed by atoms with Gasteiger partial charge in [0.2, 0.25) is 0 Å². The highest BCUT2D eigenvalue weighted by Crippen LogP contribution is 2.15. The fraction of sp³-hybridized carbons (Fsp3) is 0.571. The summed E-state index contributed by atoms with van der Waals surface area (Å²) in [5.41, 5.74) is 4.23. The molecule has 1 saturated heterocycles. The minimum absolute atomic E-state index is 0. The van der Waals surface area contributed by atoms with Crippen LogP contribution in [-0.2, 0) is 6.54 Å². The molecule has 1 aliphatic heterocycles. The summed E-state index contributed by atoms with van der Waals surface area (Å²) >= 11 is 0. The van der Waals surface area contributed by atoms with Gasteiger partial charge >= 0.3 is 0 Å². The molecule has 0 aromatic heterocycles. The van der Waals surface area contributed by atoms with Crippen LogP contribution >= 0.6 is 12.4 Å². The zero-order valence-electron chi connectivity index (χ0n) is 11.0. The molecule has 1 unspecified atom stereocenters. The second-order valence-electron chi connectivity index (χ2n) is 4.99. The Balaban J connectivity index is 0.00000144. The molecule has 0 spiro atoms. The van der Waals surface area contributed by atoms with Crippen LogP contribution in [0.15, 0.2) is 18.2 Å². The van der Waals surface area contributed by atoms with Crippen LogP contribution < -0.4 is 5.32 Å². The van der Waals surface area contributed by atoms with E-state index >= 15 is 0 Å². The van der Waals surface area contributed by atoms with E-state index in [0.29, 0.717) is 6.04 Å². The molecule has 1 heterocycles. The van der Waals surface area contributed by atoms with Gasteiger partial charge < -0.3 is 5.32 Å². The van der Waals surface area contributed by atoms with Gasteiger partial charge in [-0.1, -0.05) is 23.8 Å². The Hall–Kier alpha value is -0.570. The molecule has 2 rings (SSSR count). The molecular formula is C14H23ClN2. The molecule has 0 amide bonds. The van der Waals surface area contributed by atoms with Gasteiger partial charge in [0.1, 0.15) is 0 Å². The van der Waals surface area contributed by atoms with E-state index in [0.717, 1.165) is 13.1 Å². The average Bonchev–Trinajstić information content (AvgIpc) is 2.76. The van der Waals surface area contributed by atoms with Crippen LogP contribution in [-0.4, -0.2) is 31.1 Å². The van der Waals surface area contributed by atoms with Gasteiger partial charge in [0.25, 0.3) is 0 Å². The zero-order chi connectivity index (χ0) is 11.5. The predicted molar refractivity (Wildman–Crippen MR) is 75.9 cm³/mol. The number of likely N-dealkylation sites (N-methyl/N-ethyl adjacent to an activating group) is 1. The van der Waals surface area contributed by atoms with Crippen LogP contribution in [0.2, 0.25) is 0 Å². The van der Waals surface area contributed by atoms with E-state index in [2.05, 4.69) is 49.3 Å². The average molecular weight is 255 g/mol. The Morgan fingerprint density at radius 1 is 1.35 bits per heavy atom. The van der Waals surface area contributed by atoms with E-state index in [1.165, 1.54) is 29.7 Å². The predicted octanol–water partition coefficient (Wildman–Crippen LogP) is 2.52. The van der Waals surface area contributed by atoms with Crippen molar-refractivity contribution in [2.45, 2.75) is 32.9 Å². The Morgan fingerprint density at radius 3 is 2.76 bits per heavy atom. The lowest BCUT2D eigenvalue weighted by Crippen LogP contribution is -2.33. The lowest BCUT2D eigenvalue weighted by Gasteiger charge is -2.24. The molecule has 0 aliphatic carbocycles. The third-order valence-corrected chi connectivity index (χ3v) is 3.58. The van der Waals surface area contributed by atoms with Gasteiger partial charge in [-0.15, -0.1) is 12.4 Å². The Morgan fingerprint density at radius 2 is 2.12 bits per heavy atom. The molecule has 3 heteroatoms. The third kappa shape index (κ3) is 3.70. The molecule has 1 aromatic rings. The number of hydrogen-bond acceptors (Lipinski definition) is 2. The van der Waals surface area contributed by atoms with Crippen molar-refractivity contribution in [3.05, 3.63) is 34.9 Å². The van der Waals surface area contributed by atoms with Crippen LogP contribution in [0.1, 0.15) is 23.1 Å². The molecule has 1 aromatic carbocycles. The third-order valence-electron chi connectivity index (χ3n) is 3.58. The van der Waals surface area contributed by atoms with Gasteiger partial charge in [0.15, 0.2) is 0 Å². The fourth-order valence-corrected chi connectivity index (χ4v) is 2.38. The summed E-state index contributed by atoms with van der Waals surface area (Å²) in [4.78, 5) is 2.47. The first-order valence-corrected chi connectivity index (χ1v) is 6.14. The standard InChI is InChI=1S/C14H22N2.ClH/c1-11-4-5-12(2)13(8-11)10-16(3)14-6-7-15-9-14;/h4-5,8,14-15H,6-7,9-10H2,1-3H3;1H. The number of benzene rings is 1. The Bertz CT molecular complexity index is 359. The Kier molecular flexibility index (Phi) is 5.44. The lowest BCUT2D eigenvalue weighted by molar-refractivity contribution is 0.248. The maximum absolute atomic E-state index is 3.42. The van der Waals surface area contributed by atoms with Crippen molar-refractivity contribution in [3.63, 3.8) is 0 Å². The van der Waals surface area contributed by atoms with Gasteiger partial charge in [0, 0.05) is 19.1 Å². The molecule has 1 atom stereocenters. The van der Waals surface area contributed by atoms with Crippen molar-refractivity contribution < 1.29 is 0 Å². The number of aryl methyl sites for hydroxylation is 2. The molecule has 1 fully saturated rings. The number of nitrogens with zero attached hydrogens (tertiary/aromatic N) is 1. The van der Waals surface area contributed by atoms with Crippen LogP contribution in [0.4, 0.5) is 0 Å². The smallest absolute Gasteiger partial charge is 0.0236 e. The van der Waals surface area contributed by atoms with Gasteiger partial charge in [-0.05, 0) is 45.0 Å². The zero-order valence-corrected chi connectivity index (χ0v) is 11.8. The highest BCUT2D eigenvalue weighted by Gasteiger charge is 2.19. The molecule has 1 N–H and O–H groups in total.